The molecule has 1 atom stereocenters. The van der Waals surface area contributed by atoms with Crippen molar-refractivity contribution in [3.63, 3.8) is 0 Å². The lowest BCUT2D eigenvalue weighted by atomic mass is 9.97. The zero-order chi connectivity index (χ0) is 31.9. The van der Waals surface area contributed by atoms with Gasteiger partial charge in [0.1, 0.15) is 12.2 Å². The Morgan fingerprint density at radius 2 is 1.83 bits per heavy atom. The Labute approximate surface area is 271 Å². The molecule has 0 saturated carbocycles. The van der Waals surface area contributed by atoms with E-state index in [0.29, 0.717) is 34.2 Å². The van der Waals surface area contributed by atoms with Crippen molar-refractivity contribution in [2.75, 3.05) is 12.4 Å². The van der Waals surface area contributed by atoms with E-state index in [1.54, 1.807) is 30.5 Å². The first-order valence-corrected chi connectivity index (χ1v) is 15.5. The number of methoxy groups -OCH3 is 1. The molecule has 4 heterocycles. The molecular formula is C34H33ClN8O3. The highest BCUT2D eigenvalue weighted by atomic mass is 35.5. The average Bonchev–Trinajstić information content (AvgIpc) is 3.78. The molecule has 7 rings (SSSR count). The number of fused-ring (bicyclic) bond motifs is 7. The van der Waals surface area contributed by atoms with Gasteiger partial charge < -0.3 is 15.0 Å². The largest absolute Gasteiger partial charge is 0.453 e. The van der Waals surface area contributed by atoms with Gasteiger partial charge in [-0.2, -0.15) is 4.68 Å². The van der Waals surface area contributed by atoms with E-state index in [9.17, 15) is 9.59 Å². The summed E-state index contributed by atoms with van der Waals surface area (Å²) in [5.74, 6) is 0.370. The third kappa shape index (κ3) is 7.49. The van der Waals surface area contributed by atoms with E-state index in [1.165, 1.54) is 35.3 Å². The predicted molar refractivity (Wildman–Crippen MR) is 176 cm³/mol. The van der Waals surface area contributed by atoms with Crippen LogP contribution >= 0.6 is 11.6 Å². The van der Waals surface area contributed by atoms with E-state index in [2.05, 4.69) is 55.4 Å². The lowest BCUT2D eigenvalue weighted by molar-refractivity contribution is -0.117. The number of benzene rings is 3. The molecule has 2 aromatic heterocycles. The Kier molecular flexibility index (Phi) is 9.49. The van der Waals surface area contributed by atoms with E-state index >= 15 is 0 Å². The summed E-state index contributed by atoms with van der Waals surface area (Å²) in [6.45, 7) is 0. The lowest BCUT2D eigenvalue weighted by Crippen LogP contribution is -2.28. The first kappa shape index (κ1) is 30.7. The molecule has 12 heteroatoms. The first-order valence-electron chi connectivity index (χ1n) is 15.1. The summed E-state index contributed by atoms with van der Waals surface area (Å²) < 4.78 is 6.30. The summed E-state index contributed by atoms with van der Waals surface area (Å²) in [4.78, 5) is 33.4. The van der Waals surface area contributed by atoms with Crippen LogP contribution in [0.1, 0.15) is 53.4 Å². The molecule has 2 amide bonds. The van der Waals surface area contributed by atoms with Crippen LogP contribution in [-0.2, 0) is 28.8 Å². The van der Waals surface area contributed by atoms with Crippen LogP contribution in [0.15, 0.2) is 79.3 Å². The van der Waals surface area contributed by atoms with Gasteiger partial charge in [0, 0.05) is 27.9 Å². The molecule has 46 heavy (non-hydrogen) atoms. The summed E-state index contributed by atoms with van der Waals surface area (Å²) in [7, 11) is 1.34. The fraction of sp³-hybridized carbons (Fsp3) is 0.235. The summed E-state index contributed by atoms with van der Waals surface area (Å²) in [6.07, 6.45) is 11.1. The average molecular weight is 637 g/mol. The number of aromatic amines is 1. The molecule has 0 spiro atoms. The van der Waals surface area contributed by atoms with Crippen molar-refractivity contribution in [3.8, 4) is 16.9 Å². The van der Waals surface area contributed by atoms with E-state index in [1.807, 2.05) is 18.2 Å². The number of carbonyl (C=O) groups excluding carboxylic acids is 2. The Balaban J connectivity index is 1.29. The third-order valence-corrected chi connectivity index (χ3v) is 8.21. The second-order valence-corrected chi connectivity index (χ2v) is 11.5. The number of imidazole rings is 1. The van der Waals surface area contributed by atoms with Crippen molar-refractivity contribution in [3.05, 3.63) is 112 Å². The highest BCUT2D eigenvalue weighted by Crippen LogP contribution is 2.29. The van der Waals surface area contributed by atoms with E-state index < -0.39 is 6.09 Å². The number of hydrogen-bond donors (Lipinski definition) is 3. The number of aromatic nitrogens is 6. The minimum Gasteiger partial charge on any atom is -0.453 e. The molecule has 4 bridgehead atoms. The second-order valence-electron chi connectivity index (χ2n) is 11.1. The minimum absolute atomic E-state index is 0.283. The number of aryl methyl sites for hydroxylation is 3. The number of nitrogens with one attached hydrogen (secondary N) is 3. The number of ether oxygens (including phenoxy) is 1. The van der Waals surface area contributed by atoms with E-state index in [4.69, 9.17) is 21.3 Å². The van der Waals surface area contributed by atoms with Crippen LogP contribution in [0.5, 0.6) is 0 Å². The number of nitrogens with zero attached hydrogens (tertiary/aromatic N) is 5. The van der Waals surface area contributed by atoms with E-state index in [-0.39, 0.29) is 11.9 Å². The molecule has 0 unspecified atom stereocenters. The molecule has 5 aromatic rings. The SMILES string of the molecule is COC(=O)Nc1ccc2c(c1)CCCCc1ccc(cc1)CC[C@H](NC(=O)/C=C/c1cc(Cl)ccc1-n1cnnn1)c1ncc-2[nH]1. The maximum atomic E-state index is 13.3. The van der Waals surface area contributed by atoms with Gasteiger partial charge in [0.25, 0.3) is 0 Å². The Morgan fingerprint density at radius 1 is 1.02 bits per heavy atom. The van der Waals surface area contributed by atoms with Crippen LogP contribution in [0.25, 0.3) is 23.0 Å². The van der Waals surface area contributed by atoms with Gasteiger partial charge in [-0.25, -0.2) is 9.78 Å². The van der Waals surface area contributed by atoms with Crippen LogP contribution in [0, 0.1) is 0 Å². The van der Waals surface area contributed by atoms with Crippen molar-refractivity contribution in [2.45, 2.75) is 44.6 Å². The molecule has 2 aliphatic heterocycles. The Morgan fingerprint density at radius 3 is 2.61 bits per heavy atom. The fourth-order valence-corrected chi connectivity index (χ4v) is 5.77. The zero-order valence-corrected chi connectivity index (χ0v) is 26.0. The number of carbonyl (C=O) groups is 2. The second kappa shape index (κ2) is 14.2. The monoisotopic (exact) mass is 636 g/mol. The predicted octanol–water partition coefficient (Wildman–Crippen LogP) is 6.27. The third-order valence-electron chi connectivity index (χ3n) is 7.98. The van der Waals surface area contributed by atoms with Gasteiger partial charge in [0.15, 0.2) is 0 Å². The molecule has 11 nitrogen and oxygen atoms in total. The molecule has 3 aromatic carbocycles. The normalized spacial score (nSPS) is 15.0. The number of hydrogen-bond acceptors (Lipinski definition) is 7. The summed E-state index contributed by atoms with van der Waals surface area (Å²) in [6, 6.07) is 19.4. The lowest BCUT2D eigenvalue weighted by Gasteiger charge is -2.17. The minimum atomic E-state index is -0.518. The molecule has 234 valence electrons. The standard InChI is InChI=1S/C34H33ClN8O3/c1-46-34(45)38-27-13-14-28-24(19-27)5-3-2-4-22-6-8-23(9-7-22)10-15-29(33-36-20-30(28)40-33)39-32(44)17-11-25-18-26(35)12-16-31(25)43-21-37-41-42-43/h6-9,11-14,16-21,29H,2-5,10,15H2,1H3,(H,36,40)(H,38,45)(H,39,44)/b17-11+/t29-/m0/s1. The molecule has 0 radical (unpaired) electrons. The highest BCUT2D eigenvalue weighted by Gasteiger charge is 2.19. The molecule has 0 saturated heterocycles. The maximum Gasteiger partial charge on any atom is 0.411 e. The van der Waals surface area contributed by atoms with Crippen molar-refractivity contribution < 1.29 is 14.3 Å². The molecule has 3 N–H and O–H groups in total. The van der Waals surface area contributed by atoms with Gasteiger partial charge >= 0.3 is 6.09 Å². The Hall–Kier alpha value is -5.29. The number of rotatable bonds is 5. The van der Waals surface area contributed by atoms with Gasteiger partial charge in [0.05, 0.1) is 30.7 Å². The van der Waals surface area contributed by atoms with E-state index in [0.717, 1.165) is 48.9 Å². The number of amides is 2. The smallest absolute Gasteiger partial charge is 0.411 e. The molecule has 2 aliphatic rings. The first-order chi connectivity index (χ1) is 22.4. The topological polar surface area (TPSA) is 140 Å². The zero-order valence-electron chi connectivity index (χ0n) is 25.2. The molecule has 0 aliphatic carbocycles. The summed E-state index contributed by atoms with van der Waals surface area (Å²) in [5.41, 5.74) is 7.43. The Bertz CT molecular complexity index is 1850. The van der Waals surface area contributed by atoms with Gasteiger partial charge in [-0.3, -0.25) is 10.1 Å². The van der Waals surface area contributed by atoms with Gasteiger partial charge in [-0.15, -0.1) is 5.10 Å². The number of anilines is 1. The van der Waals surface area contributed by atoms with Gasteiger partial charge in [0.2, 0.25) is 5.91 Å². The van der Waals surface area contributed by atoms with Crippen molar-refractivity contribution in [1.82, 2.24) is 35.5 Å². The van der Waals surface area contributed by atoms with Crippen LogP contribution < -0.4 is 10.6 Å². The van der Waals surface area contributed by atoms with Crippen molar-refractivity contribution in [1.29, 1.82) is 0 Å². The number of halogens is 1. The maximum absolute atomic E-state index is 13.3. The quantitative estimate of drug-likeness (QED) is 0.193. The number of tetrazole rings is 1. The highest BCUT2D eigenvalue weighted by molar-refractivity contribution is 6.30. The van der Waals surface area contributed by atoms with Crippen molar-refractivity contribution in [2.24, 2.45) is 0 Å². The summed E-state index contributed by atoms with van der Waals surface area (Å²) >= 11 is 6.26. The van der Waals surface area contributed by atoms with Crippen LogP contribution in [-0.4, -0.2) is 49.3 Å². The van der Waals surface area contributed by atoms with Gasteiger partial charge in [-0.05, 0) is 102 Å². The molecular weight excluding hydrogens is 604 g/mol. The fourth-order valence-electron chi connectivity index (χ4n) is 5.59. The van der Waals surface area contributed by atoms with Gasteiger partial charge in [-0.1, -0.05) is 41.9 Å². The molecule has 0 fully saturated rings. The van der Waals surface area contributed by atoms with Crippen LogP contribution in [0.2, 0.25) is 5.02 Å². The summed E-state index contributed by atoms with van der Waals surface area (Å²) in [5, 5.41) is 17.8. The van der Waals surface area contributed by atoms with Crippen LogP contribution in [0.3, 0.4) is 0 Å². The van der Waals surface area contributed by atoms with Crippen LogP contribution in [0.4, 0.5) is 10.5 Å². The van der Waals surface area contributed by atoms with Crippen molar-refractivity contribution >= 4 is 35.4 Å². The number of H-pyrrole nitrogens is 1.